The number of nitrogen functional groups attached to an aromatic ring is 1. The van der Waals surface area contributed by atoms with Crippen LogP contribution in [-0.4, -0.2) is 26.7 Å². The molecule has 0 saturated heterocycles. The molecule has 1 aliphatic rings. The summed E-state index contributed by atoms with van der Waals surface area (Å²) in [5.41, 5.74) is 9.94. The molecule has 3 rings (SSSR count). The number of nitrogens with zero attached hydrogens (tertiary/aromatic N) is 1. The first-order valence-electron chi connectivity index (χ1n) is 8.52. The number of amides is 1. The fraction of sp³-hybridized carbons (Fsp3) is 0.350. The number of aryl methyl sites for hydroxylation is 1. The summed E-state index contributed by atoms with van der Waals surface area (Å²) in [6.45, 7) is 0.751. The van der Waals surface area contributed by atoms with Gasteiger partial charge in [0.25, 0.3) is 0 Å². The van der Waals surface area contributed by atoms with E-state index in [4.69, 9.17) is 15.2 Å². The largest absolute Gasteiger partial charge is 0.493 e. The van der Waals surface area contributed by atoms with E-state index in [1.165, 1.54) is 0 Å². The number of carbonyl (C=O) groups excluding carboxylic acids is 1. The molecule has 2 aromatic carbocycles. The third-order valence-electron chi connectivity index (χ3n) is 4.66. The molecular formula is C20H25ClN2O3. The normalized spacial score (nSPS) is 12.8. The molecule has 0 radical (unpaired) electrons. The Balaban J connectivity index is 0.00000243. The Bertz CT molecular complexity index is 780. The van der Waals surface area contributed by atoms with E-state index in [9.17, 15) is 4.79 Å². The van der Waals surface area contributed by atoms with E-state index >= 15 is 0 Å². The smallest absolute Gasteiger partial charge is 0.227 e. The quantitative estimate of drug-likeness (QED) is 0.809. The van der Waals surface area contributed by atoms with Gasteiger partial charge < -0.3 is 20.1 Å². The zero-order valence-electron chi connectivity index (χ0n) is 15.2. The Labute approximate surface area is 160 Å². The van der Waals surface area contributed by atoms with Crippen LogP contribution >= 0.6 is 12.4 Å². The predicted molar refractivity (Wildman–Crippen MR) is 107 cm³/mol. The molecule has 26 heavy (non-hydrogen) atoms. The summed E-state index contributed by atoms with van der Waals surface area (Å²) >= 11 is 0. The Morgan fingerprint density at radius 3 is 2.65 bits per heavy atom. The first kappa shape index (κ1) is 19.9. The van der Waals surface area contributed by atoms with Crippen molar-refractivity contribution in [1.82, 2.24) is 0 Å². The van der Waals surface area contributed by atoms with E-state index in [1.54, 1.807) is 14.2 Å². The van der Waals surface area contributed by atoms with Crippen LogP contribution in [0.4, 0.5) is 11.4 Å². The van der Waals surface area contributed by atoms with E-state index < -0.39 is 0 Å². The summed E-state index contributed by atoms with van der Waals surface area (Å²) in [6.07, 6.45) is 2.99. The second-order valence-corrected chi connectivity index (χ2v) is 6.18. The topological polar surface area (TPSA) is 64.8 Å². The molecule has 1 aliphatic heterocycles. The first-order chi connectivity index (χ1) is 12.1. The molecule has 0 atom stereocenters. The summed E-state index contributed by atoms with van der Waals surface area (Å²) in [5.74, 6) is 1.50. The lowest BCUT2D eigenvalue weighted by Crippen LogP contribution is -2.35. The van der Waals surface area contributed by atoms with E-state index in [2.05, 4.69) is 0 Å². The summed E-state index contributed by atoms with van der Waals surface area (Å²) in [7, 11) is 3.22. The number of halogens is 1. The number of carbonyl (C=O) groups is 1. The second-order valence-electron chi connectivity index (χ2n) is 6.18. The van der Waals surface area contributed by atoms with Gasteiger partial charge in [-0.1, -0.05) is 12.1 Å². The van der Waals surface area contributed by atoms with Crippen LogP contribution in [0.15, 0.2) is 36.4 Å². The van der Waals surface area contributed by atoms with E-state index in [-0.39, 0.29) is 18.3 Å². The molecule has 2 N–H and O–H groups in total. The van der Waals surface area contributed by atoms with Crippen LogP contribution in [0.2, 0.25) is 0 Å². The molecule has 1 amide bonds. The molecule has 1 heterocycles. The van der Waals surface area contributed by atoms with Gasteiger partial charge in [0, 0.05) is 24.3 Å². The Morgan fingerprint density at radius 1 is 1.15 bits per heavy atom. The molecular weight excluding hydrogens is 352 g/mol. The van der Waals surface area contributed by atoms with Crippen molar-refractivity contribution in [2.24, 2.45) is 0 Å². The number of benzene rings is 2. The summed E-state index contributed by atoms with van der Waals surface area (Å²) < 4.78 is 10.6. The highest BCUT2D eigenvalue weighted by Crippen LogP contribution is 2.32. The van der Waals surface area contributed by atoms with Crippen molar-refractivity contribution in [3.8, 4) is 11.5 Å². The zero-order chi connectivity index (χ0) is 17.8. The summed E-state index contributed by atoms with van der Waals surface area (Å²) in [6, 6.07) is 11.6. The number of nitrogens with two attached hydrogens (primary N) is 1. The van der Waals surface area contributed by atoms with Gasteiger partial charge in [-0.2, -0.15) is 0 Å². The van der Waals surface area contributed by atoms with Crippen molar-refractivity contribution in [1.29, 1.82) is 0 Å². The van der Waals surface area contributed by atoms with Gasteiger partial charge in [0.05, 0.1) is 14.2 Å². The fourth-order valence-corrected chi connectivity index (χ4v) is 3.33. The van der Waals surface area contributed by atoms with Crippen LogP contribution < -0.4 is 20.1 Å². The zero-order valence-corrected chi connectivity index (χ0v) is 16.0. The molecule has 0 fully saturated rings. The van der Waals surface area contributed by atoms with Crippen LogP contribution in [0.5, 0.6) is 11.5 Å². The minimum atomic E-state index is 0. The van der Waals surface area contributed by atoms with Crippen LogP contribution in [0.1, 0.15) is 24.0 Å². The number of methoxy groups -OCH3 is 2. The van der Waals surface area contributed by atoms with Crippen LogP contribution in [-0.2, 0) is 17.6 Å². The van der Waals surface area contributed by atoms with Crippen LogP contribution in [0, 0.1) is 0 Å². The van der Waals surface area contributed by atoms with Crippen molar-refractivity contribution in [3.05, 3.63) is 47.5 Å². The van der Waals surface area contributed by atoms with Gasteiger partial charge in [0.1, 0.15) is 0 Å². The highest BCUT2D eigenvalue weighted by atomic mass is 35.5. The molecule has 0 aliphatic carbocycles. The Hall–Kier alpha value is -2.40. The lowest BCUT2D eigenvalue weighted by Gasteiger charge is -2.30. The number of fused-ring (bicyclic) bond motifs is 1. The van der Waals surface area contributed by atoms with Gasteiger partial charge in [0.15, 0.2) is 11.5 Å². The van der Waals surface area contributed by atoms with Gasteiger partial charge in [-0.05, 0) is 54.7 Å². The summed E-state index contributed by atoms with van der Waals surface area (Å²) in [5, 5.41) is 0. The number of anilines is 2. The van der Waals surface area contributed by atoms with E-state index in [0.29, 0.717) is 24.3 Å². The van der Waals surface area contributed by atoms with Gasteiger partial charge in [0.2, 0.25) is 5.91 Å². The standard InChI is InChI=1S/C20H24N2O3.ClH/c1-24-18-10-8-14(13-19(18)25-2)9-11-20(23)22-12-4-5-15-16(21)6-3-7-17(15)22;/h3,6-8,10,13H,4-5,9,11-12,21H2,1-2H3;1H. The summed E-state index contributed by atoms with van der Waals surface area (Å²) in [4.78, 5) is 14.6. The average Bonchev–Trinajstić information content (AvgIpc) is 2.65. The average molecular weight is 377 g/mol. The van der Waals surface area contributed by atoms with Crippen molar-refractivity contribution in [3.63, 3.8) is 0 Å². The maximum Gasteiger partial charge on any atom is 0.227 e. The molecule has 2 aromatic rings. The van der Waals surface area contributed by atoms with Crippen LogP contribution in [0.3, 0.4) is 0 Å². The maximum absolute atomic E-state index is 12.8. The van der Waals surface area contributed by atoms with E-state index in [0.717, 1.165) is 41.9 Å². The van der Waals surface area contributed by atoms with Gasteiger partial charge in [-0.25, -0.2) is 0 Å². The van der Waals surface area contributed by atoms with Crippen molar-refractivity contribution >= 4 is 29.7 Å². The monoisotopic (exact) mass is 376 g/mol. The highest BCUT2D eigenvalue weighted by Gasteiger charge is 2.23. The van der Waals surface area contributed by atoms with Crippen LogP contribution in [0.25, 0.3) is 0 Å². The van der Waals surface area contributed by atoms with Gasteiger partial charge in [-0.3, -0.25) is 4.79 Å². The Kier molecular flexibility index (Phi) is 6.75. The first-order valence-corrected chi connectivity index (χ1v) is 8.52. The third-order valence-corrected chi connectivity index (χ3v) is 4.66. The number of rotatable bonds is 5. The number of hydrogen-bond donors (Lipinski definition) is 1. The lowest BCUT2D eigenvalue weighted by molar-refractivity contribution is -0.118. The molecule has 0 spiro atoms. The minimum Gasteiger partial charge on any atom is -0.493 e. The third kappa shape index (κ3) is 4.05. The lowest BCUT2D eigenvalue weighted by atomic mass is 9.99. The molecule has 0 saturated carbocycles. The molecule has 5 nitrogen and oxygen atoms in total. The predicted octanol–water partition coefficient (Wildman–Crippen LogP) is 3.62. The SMILES string of the molecule is COc1ccc(CCC(=O)N2CCCc3c(N)cccc32)cc1OC.Cl. The van der Waals surface area contributed by atoms with E-state index in [1.807, 2.05) is 41.3 Å². The minimum absolute atomic E-state index is 0. The number of ether oxygens (including phenoxy) is 2. The van der Waals surface area contributed by atoms with Gasteiger partial charge >= 0.3 is 0 Å². The fourth-order valence-electron chi connectivity index (χ4n) is 3.33. The Morgan fingerprint density at radius 2 is 1.92 bits per heavy atom. The molecule has 0 aromatic heterocycles. The molecule has 6 heteroatoms. The molecule has 0 bridgehead atoms. The van der Waals surface area contributed by atoms with Gasteiger partial charge in [-0.15, -0.1) is 12.4 Å². The maximum atomic E-state index is 12.8. The highest BCUT2D eigenvalue weighted by molar-refractivity contribution is 5.95. The molecule has 140 valence electrons. The van der Waals surface area contributed by atoms with Crippen molar-refractivity contribution in [2.45, 2.75) is 25.7 Å². The van der Waals surface area contributed by atoms with Crippen molar-refractivity contribution < 1.29 is 14.3 Å². The second kappa shape index (κ2) is 8.81. The number of hydrogen-bond acceptors (Lipinski definition) is 4. The molecule has 0 unspecified atom stereocenters. The van der Waals surface area contributed by atoms with Crippen molar-refractivity contribution in [2.75, 3.05) is 31.4 Å².